The average Bonchev–Trinajstić information content (AvgIpc) is 2.90. The number of carbonyl (C=O) groups is 1. The first-order valence-corrected chi connectivity index (χ1v) is 9.17. The molecule has 4 nitrogen and oxygen atoms in total. The van der Waals surface area contributed by atoms with E-state index in [0.29, 0.717) is 19.2 Å². The molecule has 0 bridgehead atoms. The summed E-state index contributed by atoms with van der Waals surface area (Å²) in [7, 11) is 0. The smallest absolute Gasteiger partial charge is 0.410 e. The van der Waals surface area contributed by atoms with Gasteiger partial charge in [0.1, 0.15) is 5.60 Å². The number of hydrogen-bond donors (Lipinski definition) is 0. The molecule has 0 radical (unpaired) electrons. The molecule has 0 unspecified atom stereocenters. The number of halogens is 1. The van der Waals surface area contributed by atoms with Gasteiger partial charge in [0.15, 0.2) is 0 Å². The highest BCUT2D eigenvalue weighted by Crippen LogP contribution is 2.34. The van der Waals surface area contributed by atoms with Crippen LogP contribution in [-0.2, 0) is 9.47 Å². The zero-order valence-corrected chi connectivity index (χ0v) is 15.1. The average molecular weight is 362 g/mol. The fourth-order valence-corrected chi connectivity index (χ4v) is 3.76. The van der Waals surface area contributed by atoms with Crippen LogP contribution in [0, 0.1) is 0 Å². The third-order valence-electron chi connectivity index (χ3n) is 4.29. The first-order valence-electron chi connectivity index (χ1n) is 8.05. The van der Waals surface area contributed by atoms with E-state index in [9.17, 15) is 4.79 Å². The molecule has 122 valence electrons. The van der Waals surface area contributed by atoms with E-state index in [2.05, 4.69) is 15.9 Å². The Morgan fingerprint density at radius 3 is 2.29 bits per heavy atom. The number of carbonyl (C=O) groups excluding carboxylic acids is 1. The monoisotopic (exact) mass is 361 g/mol. The van der Waals surface area contributed by atoms with Crippen molar-refractivity contribution in [2.45, 2.75) is 76.6 Å². The van der Waals surface area contributed by atoms with Crippen molar-refractivity contribution in [3.63, 3.8) is 0 Å². The maximum atomic E-state index is 12.1. The number of alkyl halides is 1. The van der Waals surface area contributed by atoms with Gasteiger partial charge in [-0.3, -0.25) is 0 Å². The molecular weight excluding hydrogens is 334 g/mol. The van der Waals surface area contributed by atoms with Crippen LogP contribution < -0.4 is 0 Å². The first-order chi connectivity index (χ1) is 9.84. The highest BCUT2D eigenvalue weighted by molar-refractivity contribution is 9.09. The van der Waals surface area contributed by atoms with Gasteiger partial charge in [-0.25, -0.2) is 4.79 Å². The molecule has 2 rings (SSSR count). The van der Waals surface area contributed by atoms with Crippen molar-refractivity contribution in [2.24, 2.45) is 0 Å². The summed E-state index contributed by atoms with van der Waals surface area (Å²) >= 11 is 3.62. The Bertz CT molecular complexity index is 353. The van der Waals surface area contributed by atoms with E-state index in [1.165, 1.54) is 25.7 Å². The predicted octanol–water partition coefficient (Wildman–Crippen LogP) is 4.11. The van der Waals surface area contributed by atoms with Crippen molar-refractivity contribution in [1.29, 1.82) is 0 Å². The Balaban J connectivity index is 1.86. The second-order valence-electron chi connectivity index (χ2n) is 7.31. The number of nitrogens with zero attached hydrogens (tertiary/aromatic N) is 1. The van der Waals surface area contributed by atoms with Gasteiger partial charge in [-0.2, -0.15) is 0 Å². The van der Waals surface area contributed by atoms with Crippen LogP contribution in [0.4, 0.5) is 4.79 Å². The number of likely N-dealkylation sites (tertiary alicyclic amines) is 1. The standard InChI is InChI=1S/C16H28BrNO3/c1-15(2,3)21-14(19)18-10-8-16(12-17,9-11-18)20-13-6-4-5-7-13/h13H,4-12H2,1-3H3. The Morgan fingerprint density at radius 2 is 1.81 bits per heavy atom. The maximum Gasteiger partial charge on any atom is 0.410 e. The van der Waals surface area contributed by atoms with Crippen molar-refractivity contribution in [3.05, 3.63) is 0 Å². The van der Waals surface area contributed by atoms with Crippen LogP contribution in [0.3, 0.4) is 0 Å². The number of piperidine rings is 1. The van der Waals surface area contributed by atoms with Crippen LogP contribution in [0.15, 0.2) is 0 Å². The van der Waals surface area contributed by atoms with E-state index in [-0.39, 0.29) is 11.7 Å². The van der Waals surface area contributed by atoms with Crippen LogP contribution in [0.25, 0.3) is 0 Å². The normalized spacial score (nSPS) is 23.3. The van der Waals surface area contributed by atoms with Gasteiger partial charge in [0.25, 0.3) is 0 Å². The number of hydrogen-bond acceptors (Lipinski definition) is 3. The Hall–Kier alpha value is -0.290. The molecule has 0 aromatic heterocycles. The number of amides is 1. The van der Waals surface area contributed by atoms with Crippen LogP contribution in [0.2, 0.25) is 0 Å². The van der Waals surface area contributed by atoms with Crippen molar-refractivity contribution in [3.8, 4) is 0 Å². The minimum atomic E-state index is -0.429. The van der Waals surface area contributed by atoms with Gasteiger partial charge in [0, 0.05) is 18.4 Å². The second-order valence-corrected chi connectivity index (χ2v) is 7.87. The van der Waals surface area contributed by atoms with E-state index in [1.54, 1.807) is 0 Å². The van der Waals surface area contributed by atoms with Crippen molar-refractivity contribution >= 4 is 22.0 Å². The zero-order valence-electron chi connectivity index (χ0n) is 13.5. The number of ether oxygens (including phenoxy) is 2. The molecule has 0 N–H and O–H groups in total. The molecule has 0 aromatic carbocycles. The Kier molecular flexibility index (Phi) is 5.58. The minimum absolute atomic E-state index is 0.104. The molecule has 5 heteroatoms. The lowest BCUT2D eigenvalue weighted by atomic mass is 9.93. The Morgan fingerprint density at radius 1 is 1.24 bits per heavy atom. The van der Waals surface area contributed by atoms with Crippen molar-refractivity contribution in [2.75, 3.05) is 18.4 Å². The highest BCUT2D eigenvalue weighted by Gasteiger charge is 2.39. The van der Waals surface area contributed by atoms with E-state index in [1.807, 2.05) is 25.7 Å². The summed E-state index contributed by atoms with van der Waals surface area (Å²) in [5, 5.41) is 0.846. The summed E-state index contributed by atoms with van der Waals surface area (Å²) in [6, 6.07) is 0. The third kappa shape index (κ3) is 4.85. The van der Waals surface area contributed by atoms with E-state index in [0.717, 1.165) is 18.2 Å². The summed E-state index contributed by atoms with van der Waals surface area (Å²) < 4.78 is 11.8. The molecule has 2 fully saturated rings. The quantitative estimate of drug-likeness (QED) is 0.710. The van der Waals surface area contributed by atoms with Gasteiger partial charge < -0.3 is 14.4 Å². The topological polar surface area (TPSA) is 38.8 Å². The molecule has 1 heterocycles. The minimum Gasteiger partial charge on any atom is -0.444 e. The van der Waals surface area contributed by atoms with Crippen LogP contribution in [0.5, 0.6) is 0 Å². The molecule has 1 saturated heterocycles. The van der Waals surface area contributed by atoms with Gasteiger partial charge in [-0.1, -0.05) is 28.8 Å². The molecular formula is C16H28BrNO3. The molecule has 0 atom stereocenters. The van der Waals surface area contributed by atoms with Crippen LogP contribution >= 0.6 is 15.9 Å². The highest BCUT2D eigenvalue weighted by atomic mass is 79.9. The van der Waals surface area contributed by atoms with Crippen molar-refractivity contribution in [1.82, 2.24) is 4.90 Å². The SMILES string of the molecule is CC(C)(C)OC(=O)N1CCC(CBr)(OC2CCCC2)CC1. The third-order valence-corrected chi connectivity index (χ3v) is 5.31. The maximum absolute atomic E-state index is 12.1. The molecule has 0 aromatic rings. The fourth-order valence-electron chi connectivity index (χ4n) is 3.07. The van der Waals surface area contributed by atoms with E-state index >= 15 is 0 Å². The van der Waals surface area contributed by atoms with E-state index < -0.39 is 5.60 Å². The Labute approximate surface area is 136 Å². The van der Waals surface area contributed by atoms with Gasteiger partial charge in [-0.15, -0.1) is 0 Å². The molecule has 2 aliphatic rings. The van der Waals surface area contributed by atoms with Gasteiger partial charge in [0.2, 0.25) is 0 Å². The largest absolute Gasteiger partial charge is 0.444 e. The van der Waals surface area contributed by atoms with Crippen LogP contribution in [-0.4, -0.2) is 46.7 Å². The van der Waals surface area contributed by atoms with Crippen molar-refractivity contribution < 1.29 is 14.3 Å². The molecule has 1 saturated carbocycles. The summed E-state index contributed by atoms with van der Waals surface area (Å²) in [5.41, 5.74) is -0.533. The number of rotatable bonds is 3. The summed E-state index contributed by atoms with van der Waals surface area (Å²) in [4.78, 5) is 13.9. The molecule has 21 heavy (non-hydrogen) atoms. The van der Waals surface area contributed by atoms with Gasteiger partial charge >= 0.3 is 6.09 Å². The summed E-state index contributed by atoms with van der Waals surface area (Å²) in [6.45, 7) is 7.14. The summed E-state index contributed by atoms with van der Waals surface area (Å²) in [6.07, 6.45) is 6.92. The molecule has 0 spiro atoms. The van der Waals surface area contributed by atoms with Gasteiger partial charge in [0.05, 0.1) is 11.7 Å². The molecule has 1 aliphatic heterocycles. The summed E-state index contributed by atoms with van der Waals surface area (Å²) in [5.74, 6) is 0. The second kappa shape index (κ2) is 6.86. The van der Waals surface area contributed by atoms with E-state index in [4.69, 9.17) is 9.47 Å². The zero-order chi connectivity index (χ0) is 15.5. The lowest BCUT2D eigenvalue weighted by molar-refractivity contribution is -0.105. The predicted molar refractivity (Wildman–Crippen MR) is 86.9 cm³/mol. The molecule has 1 aliphatic carbocycles. The van der Waals surface area contributed by atoms with Crippen LogP contribution in [0.1, 0.15) is 59.3 Å². The fraction of sp³-hybridized carbons (Fsp3) is 0.938. The van der Waals surface area contributed by atoms with Gasteiger partial charge in [-0.05, 0) is 46.5 Å². The molecule has 1 amide bonds. The lowest BCUT2D eigenvalue weighted by Crippen LogP contribution is -2.51. The first kappa shape index (κ1) is 17.1. The lowest BCUT2D eigenvalue weighted by Gasteiger charge is -2.42.